The molecule has 0 saturated carbocycles. The molecule has 0 aliphatic carbocycles. The lowest BCUT2D eigenvalue weighted by Gasteiger charge is -2.62. The van der Waals surface area contributed by atoms with Crippen molar-refractivity contribution in [3.63, 3.8) is 0 Å². The Morgan fingerprint density at radius 2 is 1.80 bits per heavy atom. The van der Waals surface area contributed by atoms with Gasteiger partial charge in [0.15, 0.2) is 5.96 Å². The highest BCUT2D eigenvalue weighted by molar-refractivity contribution is 14.0. The first kappa shape index (κ1) is 22.0. The van der Waals surface area contributed by atoms with Crippen LogP contribution in [0.3, 0.4) is 0 Å². The number of rotatable bonds is 6. The van der Waals surface area contributed by atoms with Gasteiger partial charge in [-0.25, -0.2) is 0 Å². The first-order chi connectivity index (χ1) is 11.3. The zero-order chi connectivity index (χ0) is 17.8. The van der Waals surface area contributed by atoms with E-state index in [-0.39, 0.29) is 29.5 Å². The number of hydrogen-bond acceptors (Lipinski definition) is 3. The maximum Gasteiger partial charge on any atom is 0.194 e. The van der Waals surface area contributed by atoms with E-state index in [1.165, 1.54) is 5.56 Å². The van der Waals surface area contributed by atoms with Crippen LogP contribution in [0.4, 0.5) is 0 Å². The summed E-state index contributed by atoms with van der Waals surface area (Å²) in [5, 5.41) is 3.47. The molecular weight excluding hydrogens is 429 g/mol. The minimum absolute atomic E-state index is 0. The molecule has 1 heterocycles. The van der Waals surface area contributed by atoms with E-state index in [0.717, 1.165) is 24.8 Å². The van der Waals surface area contributed by atoms with Gasteiger partial charge < -0.3 is 19.7 Å². The molecule has 1 aromatic rings. The lowest BCUT2D eigenvalue weighted by molar-refractivity contribution is -0.0667. The highest BCUT2D eigenvalue weighted by atomic mass is 127. The van der Waals surface area contributed by atoms with Gasteiger partial charge >= 0.3 is 0 Å². The molecule has 0 atom stereocenters. The molecule has 0 radical (unpaired) electrons. The lowest BCUT2D eigenvalue weighted by Crippen LogP contribution is -2.72. The molecule has 1 saturated heterocycles. The van der Waals surface area contributed by atoms with Gasteiger partial charge in [0.05, 0.1) is 6.61 Å². The number of ether oxygens (including phenoxy) is 2. The Bertz CT molecular complexity index is 571. The van der Waals surface area contributed by atoms with Crippen LogP contribution in [0.15, 0.2) is 29.3 Å². The van der Waals surface area contributed by atoms with Gasteiger partial charge in [0.1, 0.15) is 12.4 Å². The van der Waals surface area contributed by atoms with Crippen molar-refractivity contribution in [3.05, 3.63) is 29.8 Å². The van der Waals surface area contributed by atoms with Gasteiger partial charge in [0, 0.05) is 38.2 Å². The molecular formula is C19H32IN3O2. The molecule has 0 unspecified atom stereocenters. The third-order valence-corrected chi connectivity index (χ3v) is 5.28. The van der Waals surface area contributed by atoms with Crippen LogP contribution in [-0.2, 0) is 11.3 Å². The Balaban J connectivity index is 0.00000312. The third-order valence-electron chi connectivity index (χ3n) is 5.28. The predicted molar refractivity (Wildman–Crippen MR) is 114 cm³/mol. The van der Waals surface area contributed by atoms with Crippen LogP contribution in [0.2, 0.25) is 0 Å². The van der Waals surface area contributed by atoms with Gasteiger partial charge in [-0.15, -0.1) is 24.0 Å². The van der Waals surface area contributed by atoms with Crippen LogP contribution in [-0.4, -0.2) is 50.3 Å². The minimum atomic E-state index is 0. The summed E-state index contributed by atoms with van der Waals surface area (Å²) >= 11 is 0. The van der Waals surface area contributed by atoms with Crippen molar-refractivity contribution < 1.29 is 9.47 Å². The van der Waals surface area contributed by atoms with Gasteiger partial charge in [-0.05, 0) is 31.5 Å². The van der Waals surface area contributed by atoms with Crippen molar-refractivity contribution in [2.24, 2.45) is 10.4 Å². The van der Waals surface area contributed by atoms with Gasteiger partial charge in [0.25, 0.3) is 0 Å². The lowest BCUT2D eigenvalue weighted by atomic mass is 9.65. The Morgan fingerprint density at radius 1 is 1.16 bits per heavy atom. The van der Waals surface area contributed by atoms with E-state index >= 15 is 0 Å². The first-order valence-corrected chi connectivity index (χ1v) is 8.51. The van der Waals surface area contributed by atoms with Crippen LogP contribution >= 0.6 is 24.0 Å². The number of aliphatic imine (C=N–C) groups is 1. The largest absolute Gasteiger partial charge is 0.491 e. The fourth-order valence-electron chi connectivity index (χ4n) is 2.82. The summed E-state index contributed by atoms with van der Waals surface area (Å²) in [6, 6.07) is 8.14. The summed E-state index contributed by atoms with van der Waals surface area (Å²) in [7, 11) is 3.52. The molecule has 2 rings (SSSR count). The second-order valence-electron chi connectivity index (χ2n) is 7.42. The van der Waals surface area contributed by atoms with E-state index in [1.807, 2.05) is 19.2 Å². The number of likely N-dealkylation sites (tertiary alicyclic amines) is 1. The smallest absolute Gasteiger partial charge is 0.194 e. The van der Waals surface area contributed by atoms with Crippen molar-refractivity contribution in [2.45, 2.75) is 39.8 Å². The normalized spacial score (nSPS) is 18.2. The molecule has 6 heteroatoms. The van der Waals surface area contributed by atoms with Crippen molar-refractivity contribution in [1.29, 1.82) is 0 Å². The molecule has 0 spiro atoms. The van der Waals surface area contributed by atoms with Crippen molar-refractivity contribution >= 4 is 29.9 Å². The first-order valence-electron chi connectivity index (χ1n) is 8.51. The molecule has 142 valence electrons. The molecule has 5 nitrogen and oxygen atoms in total. The number of methoxy groups -OCH3 is 1. The molecule has 1 aromatic carbocycles. The molecule has 0 bridgehead atoms. The van der Waals surface area contributed by atoms with Crippen molar-refractivity contribution in [2.75, 3.05) is 33.9 Å². The van der Waals surface area contributed by atoms with E-state index in [9.17, 15) is 0 Å². The Morgan fingerprint density at radius 3 is 2.28 bits per heavy atom. The molecule has 0 aromatic heterocycles. The fraction of sp³-hybridized carbons (Fsp3) is 0.632. The fourth-order valence-corrected chi connectivity index (χ4v) is 2.82. The summed E-state index contributed by atoms with van der Waals surface area (Å²) in [5.41, 5.74) is 1.60. The number of benzene rings is 1. The van der Waals surface area contributed by atoms with Gasteiger partial charge in [-0.3, -0.25) is 4.99 Å². The highest BCUT2D eigenvalue weighted by Crippen LogP contribution is 2.46. The summed E-state index contributed by atoms with van der Waals surface area (Å²) in [6.45, 7) is 12.1. The number of nitrogens with one attached hydrogen (secondary N) is 1. The summed E-state index contributed by atoms with van der Waals surface area (Å²) in [6.07, 6.45) is 0. The Hall–Kier alpha value is -1.02. The Labute approximate surface area is 169 Å². The zero-order valence-electron chi connectivity index (χ0n) is 16.3. The van der Waals surface area contributed by atoms with Gasteiger partial charge in [-0.1, -0.05) is 26.0 Å². The van der Waals surface area contributed by atoms with Crippen LogP contribution in [0, 0.1) is 5.41 Å². The molecule has 1 fully saturated rings. The Kier molecular flexibility index (Phi) is 7.99. The van der Waals surface area contributed by atoms with E-state index in [1.54, 1.807) is 7.11 Å². The predicted octanol–water partition coefficient (Wildman–Crippen LogP) is 3.53. The average Bonchev–Trinajstić information content (AvgIpc) is 2.56. The van der Waals surface area contributed by atoms with Crippen LogP contribution < -0.4 is 10.1 Å². The third kappa shape index (κ3) is 5.00. The number of hydrogen-bond donors (Lipinski definition) is 1. The van der Waals surface area contributed by atoms with Crippen LogP contribution in [0.25, 0.3) is 0 Å². The summed E-state index contributed by atoms with van der Waals surface area (Å²) in [5.74, 6) is 1.82. The maximum absolute atomic E-state index is 5.59. The van der Waals surface area contributed by atoms with Crippen molar-refractivity contribution in [3.8, 4) is 5.75 Å². The van der Waals surface area contributed by atoms with E-state index < -0.39 is 0 Å². The molecule has 1 aliphatic rings. The second kappa shape index (κ2) is 9.07. The van der Waals surface area contributed by atoms with E-state index in [2.05, 4.69) is 55.0 Å². The SMILES string of the molecule is CN=C(NCc1ccc(OCCOC)cc1)N1CC(C)(C)C1(C)C.I. The zero-order valence-corrected chi connectivity index (χ0v) is 18.6. The van der Waals surface area contributed by atoms with Gasteiger partial charge in [-0.2, -0.15) is 0 Å². The summed E-state index contributed by atoms with van der Waals surface area (Å²) < 4.78 is 10.6. The second-order valence-corrected chi connectivity index (χ2v) is 7.42. The van der Waals surface area contributed by atoms with Crippen LogP contribution in [0.5, 0.6) is 5.75 Å². The van der Waals surface area contributed by atoms with Crippen molar-refractivity contribution in [1.82, 2.24) is 10.2 Å². The van der Waals surface area contributed by atoms with Crippen LogP contribution in [0.1, 0.15) is 33.3 Å². The quantitative estimate of drug-likeness (QED) is 0.305. The van der Waals surface area contributed by atoms with E-state index in [4.69, 9.17) is 9.47 Å². The maximum atomic E-state index is 5.59. The molecule has 25 heavy (non-hydrogen) atoms. The topological polar surface area (TPSA) is 46.1 Å². The summed E-state index contributed by atoms with van der Waals surface area (Å²) in [4.78, 5) is 6.79. The van der Waals surface area contributed by atoms with Gasteiger partial charge in [0.2, 0.25) is 0 Å². The molecule has 1 aliphatic heterocycles. The highest BCUT2D eigenvalue weighted by Gasteiger charge is 2.53. The number of guanidine groups is 1. The average molecular weight is 461 g/mol. The number of nitrogens with zero attached hydrogens (tertiary/aromatic N) is 2. The van der Waals surface area contributed by atoms with E-state index in [0.29, 0.717) is 18.6 Å². The molecule has 1 N–H and O–H groups in total. The number of halogens is 1. The minimum Gasteiger partial charge on any atom is -0.491 e. The monoisotopic (exact) mass is 461 g/mol. The molecule has 0 amide bonds. The standard InChI is InChI=1S/C19H31N3O2.HI/c1-18(2)14-22(19(18,3)4)17(20-5)21-13-15-7-9-16(10-8-15)24-12-11-23-6;/h7-10H,11-14H2,1-6H3,(H,20,21);1H.